The van der Waals surface area contributed by atoms with E-state index in [-0.39, 0.29) is 0 Å². The van der Waals surface area contributed by atoms with E-state index < -0.39 is 0 Å². The minimum absolute atomic E-state index is 0.568. The molecule has 0 N–H and O–H groups in total. The molecule has 0 aromatic heterocycles. The second-order valence-electron chi connectivity index (χ2n) is 5.09. The lowest BCUT2D eigenvalue weighted by Gasteiger charge is -2.41. The Morgan fingerprint density at radius 2 is 2.00 bits per heavy atom. The third-order valence-electron chi connectivity index (χ3n) is 3.77. The second-order valence-corrected chi connectivity index (χ2v) is 5.65. The van der Waals surface area contributed by atoms with Gasteiger partial charge in [-0.15, -0.1) is 0 Å². The van der Waals surface area contributed by atoms with Crippen LogP contribution in [0.5, 0.6) is 0 Å². The fourth-order valence-electron chi connectivity index (χ4n) is 2.43. The van der Waals surface area contributed by atoms with E-state index in [2.05, 4.69) is 48.0 Å². The molecule has 1 fully saturated rings. The van der Waals surface area contributed by atoms with Crippen molar-refractivity contribution in [2.75, 3.05) is 5.33 Å². The molecule has 0 nitrogen and oxygen atoms in total. The fraction of sp³-hybridized carbons (Fsp3) is 0.571. The highest BCUT2D eigenvalue weighted by molar-refractivity contribution is 9.09. The number of benzene rings is 1. The van der Waals surface area contributed by atoms with E-state index >= 15 is 0 Å². The quantitative estimate of drug-likeness (QED) is 0.711. The molecule has 1 saturated carbocycles. The smallest absolute Gasteiger partial charge is 0.00911 e. The number of hydrogen-bond acceptors (Lipinski definition) is 0. The van der Waals surface area contributed by atoms with E-state index in [0.29, 0.717) is 5.41 Å². The molecule has 1 aromatic carbocycles. The molecule has 0 spiro atoms. The van der Waals surface area contributed by atoms with Crippen molar-refractivity contribution in [1.29, 1.82) is 0 Å². The maximum Gasteiger partial charge on any atom is 0.00911 e. The van der Waals surface area contributed by atoms with Gasteiger partial charge in [0.05, 0.1) is 0 Å². The summed E-state index contributed by atoms with van der Waals surface area (Å²) in [5, 5.41) is 1.16. The summed E-state index contributed by atoms with van der Waals surface area (Å²) in [7, 11) is 0. The van der Waals surface area contributed by atoms with Crippen LogP contribution in [0, 0.1) is 19.3 Å². The largest absolute Gasteiger partial charge is 0.0922 e. The third kappa shape index (κ3) is 2.28. The van der Waals surface area contributed by atoms with Gasteiger partial charge in [0.2, 0.25) is 0 Å². The minimum atomic E-state index is 0.568. The first-order valence-corrected chi connectivity index (χ1v) is 6.89. The number of halogens is 1. The number of rotatable bonds is 3. The summed E-state index contributed by atoms with van der Waals surface area (Å²) in [6.07, 6.45) is 5.46. The van der Waals surface area contributed by atoms with E-state index in [1.807, 2.05) is 0 Å². The van der Waals surface area contributed by atoms with Crippen molar-refractivity contribution >= 4 is 15.9 Å². The Morgan fingerprint density at radius 3 is 2.53 bits per heavy atom. The highest BCUT2D eigenvalue weighted by atomic mass is 79.9. The number of aryl methyl sites for hydroxylation is 2. The average Bonchev–Trinajstić information content (AvgIpc) is 2.17. The molecule has 1 aromatic rings. The first-order valence-electron chi connectivity index (χ1n) is 5.77. The topological polar surface area (TPSA) is 0 Å². The maximum atomic E-state index is 3.68. The first-order chi connectivity index (χ1) is 7.15. The van der Waals surface area contributed by atoms with Crippen molar-refractivity contribution in [2.24, 2.45) is 5.41 Å². The van der Waals surface area contributed by atoms with Gasteiger partial charge in [-0.2, -0.15) is 0 Å². The van der Waals surface area contributed by atoms with Crippen LogP contribution >= 0.6 is 15.9 Å². The predicted octanol–water partition coefficient (Wildman–Crippen LogP) is 4.41. The Morgan fingerprint density at radius 1 is 1.27 bits per heavy atom. The van der Waals surface area contributed by atoms with Gasteiger partial charge in [-0.05, 0) is 49.7 Å². The summed E-state index contributed by atoms with van der Waals surface area (Å²) in [6, 6.07) is 6.82. The van der Waals surface area contributed by atoms with E-state index in [1.165, 1.54) is 36.8 Å². The Kier molecular flexibility index (Phi) is 3.20. The minimum Gasteiger partial charge on any atom is -0.0922 e. The summed E-state index contributed by atoms with van der Waals surface area (Å²) in [5.41, 5.74) is 4.96. The third-order valence-corrected chi connectivity index (χ3v) is 4.96. The lowest BCUT2D eigenvalue weighted by molar-refractivity contribution is 0.169. The van der Waals surface area contributed by atoms with Gasteiger partial charge in [0, 0.05) is 5.33 Å². The zero-order valence-electron chi connectivity index (χ0n) is 9.65. The molecule has 15 heavy (non-hydrogen) atoms. The highest BCUT2D eigenvalue weighted by Crippen LogP contribution is 2.45. The molecule has 1 aliphatic rings. The molecule has 0 saturated heterocycles. The zero-order chi connectivity index (χ0) is 10.9. The van der Waals surface area contributed by atoms with E-state index in [0.717, 1.165) is 5.33 Å². The molecule has 0 heterocycles. The van der Waals surface area contributed by atoms with Gasteiger partial charge in [-0.1, -0.05) is 46.1 Å². The molecule has 1 heteroatoms. The fourth-order valence-corrected chi connectivity index (χ4v) is 3.19. The van der Waals surface area contributed by atoms with Crippen LogP contribution in [-0.4, -0.2) is 5.33 Å². The summed E-state index contributed by atoms with van der Waals surface area (Å²) in [4.78, 5) is 0. The zero-order valence-corrected chi connectivity index (χ0v) is 11.2. The van der Waals surface area contributed by atoms with Crippen molar-refractivity contribution in [3.8, 4) is 0 Å². The molecular formula is C14H19Br. The predicted molar refractivity (Wildman–Crippen MR) is 69.7 cm³/mol. The van der Waals surface area contributed by atoms with Crippen molar-refractivity contribution in [1.82, 2.24) is 0 Å². The first kappa shape index (κ1) is 11.2. The molecule has 0 amide bonds. The highest BCUT2D eigenvalue weighted by Gasteiger charge is 2.36. The Labute approximate surface area is 101 Å². The second kappa shape index (κ2) is 4.29. The molecule has 2 rings (SSSR count). The van der Waals surface area contributed by atoms with Gasteiger partial charge in [-0.3, -0.25) is 0 Å². The number of alkyl halides is 1. The van der Waals surface area contributed by atoms with E-state index in [1.54, 1.807) is 5.56 Å². The summed E-state index contributed by atoms with van der Waals surface area (Å²) < 4.78 is 0. The van der Waals surface area contributed by atoms with Crippen LogP contribution in [0.3, 0.4) is 0 Å². The van der Waals surface area contributed by atoms with Gasteiger partial charge in [0.1, 0.15) is 0 Å². The normalized spacial score (nSPS) is 18.6. The van der Waals surface area contributed by atoms with Crippen LogP contribution in [0.15, 0.2) is 18.2 Å². The van der Waals surface area contributed by atoms with Gasteiger partial charge < -0.3 is 0 Å². The summed E-state index contributed by atoms with van der Waals surface area (Å²) in [6.45, 7) is 4.42. The Bertz CT molecular complexity index is 345. The average molecular weight is 267 g/mol. The molecule has 0 bridgehead atoms. The van der Waals surface area contributed by atoms with Crippen LogP contribution in [0.25, 0.3) is 0 Å². The van der Waals surface area contributed by atoms with Crippen molar-refractivity contribution < 1.29 is 0 Å². The molecule has 0 aliphatic heterocycles. The molecule has 1 aliphatic carbocycles. The van der Waals surface area contributed by atoms with Crippen LogP contribution < -0.4 is 0 Å². The summed E-state index contributed by atoms with van der Waals surface area (Å²) >= 11 is 3.68. The van der Waals surface area contributed by atoms with Gasteiger partial charge in [-0.25, -0.2) is 0 Å². The monoisotopic (exact) mass is 266 g/mol. The molecule has 82 valence electrons. The van der Waals surface area contributed by atoms with Crippen LogP contribution in [0.4, 0.5) is 0 Å². The molecule has 0 unspecified atom stereocenters. The standard InChI is InChI=1S/C14H19Br/c1-11-4-5-12(2)13(8-11)9-14(10-15)6-3-7-14/h4-5,8H,3,6-7,9-10H2,1-2H3. The molecular weight excluding hydrogens is 248 g/mol. The van der Waals surface area contributed by atoms with Crippen LogP contribution in [0.1, 0.15) is 36.0 Å². The van der Waals surface area contributed by atoms with Gasteiger partial charge in [0.25, 0.3) is 0 Å². The van der Waals surface area contributed by atoms with Crippen molar-refractivity contribution in [3.05, 3.63) is 34.9 Å². The van der Waals surface area contributed by atoms with E-state index in [4.69, 9.17) is 0 Å². The van der Waals surface area contributed by atoms with Gasteiger partial charge in [0.15, 0.2) is 0 Å². The maximum absolute atomic E-state index is 3.68. The summed E-state index contributed by atoms with van der Waals surface area (Å²) in [5.74, 6) is 0. The van der Waals surface area contributed by atoms with Crippen LogP contribution in [0.2, 0.25) is 0 Å². The molecule has 0 atom stereocenters. The van der Waals surface area contributed by atoms with Crippen molar-refractivity contribution in [2.45, 2.75) is 39.5 Å². The van der Waals surface area contributed by atoms with E-state index in [9.17, 15) is 0 Å². The Hall–Kier alpha value is -0.300. The van der Waals surface area contributed by atoms with Crippen LogP contribution in [-0.2, 0) is 6.42 Å². The molecule has 0 radical (unpaired) electrons. The lowest BCUT2D eigenvalue weighted by atomic mass is 9.66. The van der Waals surface area contributed by atoms with Gasteiger partial charge >= 0.3 is 0 Å². The SMILES string of the molecule is Cc1ccc(C)c(CC2(CBr)CCC2)c1. The lowest BCUT2D eigenvalue weighted by Crippen LogP contribution is -2.33. The van der Waals surface area contributed by atoms with Crippen molar-refractivity contribution in [3.63, 3.8) is 0 Å². The number of hydrogen-bond donors (Lipinski definition) is 0. The Balaban J connectivity index is 2.19.